The molecule has 0 fully saturated rings. The van der Waals surface area contributed by atoms with Gasteiger partial charge in [0, 0.05) is 6.54 Å². The summed E-state index contributed by atoms with van der Waals surface area (Å²) in [5.74, 6) is 0.0693. The number of sulfone groups is 1. The topological polar surface area (TPSA) is 69.4 Å². The number of methoxy groups -OCH3 is 1. The van der Waals surface area contributed by atoms with Crippen molar-refractivity contribution in [3.63, 3.8) is 0 Å². The van der Waals surface area contributed by atoms with Crippen LogP contribution in [0.3, 0.4) is 0 Å². The van der Waals surface area contributed by atoms with E-state index in [2.05, 4.69) is 0 Å². The lowest BCUT2D eigenvalue weighted by molar-refractivity contribution is 0.414. The molecule has 1 unspecified atom stereocenters. The highest BCUT2D eigenvalue weighted by molar-refractivity contribution is 7.91. The predicted molar refractivity (Wildman–Crippen MR) is 78.4 cm³/mol. The monoisotopic (exact) mass is 309 g/mol. The highest BCUT2D eigenvalue weighted by Crippen LogP contribution is 2.29. The van der Waals surface area contributed by atoms with Crippen LogP contribution in [0.15, 0.2) is 53.4 Å². The Labute approximate surface area is 123 Å². The zero-order valence-electron chi connectivity index (χ0n) is 11.5. The molecule has 0 saturated heterocycles. The van der Waals surface area contributed by atoms with Crippen LogP contribution in [0.25, 0.3) is 0 Å². The van der Waals surface area contributed by atoms with Crippen molar-refractivity contribution < 1.29 is 17.5 Å². The molecule has 0 bridgehead atoms. The van der Waals surface area contributed by atoms with Gasteiger partial charge >= 0.3 is 0 Å². The number of hydrogen-bond acceptors (Lipinski definition) is 4. The number of benzene rings is 2. The number of rotatable bonds is 5. The minimum Gasteiger partial charge on any atom is -0.497 e. The molecular formula is C15H16FNO3S. The summed E-state index contributed by atoms with van der Waals surface area (Å²) in [4.78, 5) is 0.128. The summed E-state index contributed by atoms with van der Waals surface area (Å²) in [6.45, 7) is -0.127. The summed E-state index contributed by atoms with van der Waals surface area (Å²) in [5, 5.41) is -0.985. The van der Waals surface area contributed by atoms with Gasteiger partial charge in [0.1, 0.15) is 16.8 Å². The number of hydrogen-bond donors (Lipinski definition) is 1. The summed E-state index contributed by atoms with van der Waals surface area (Å²) < 4.78 is 43.6. The first-order valence-electron chi connectivity index (χ1n) is 6.32. The fourth-order valence-corrected chi connectivity index (χ4v) is 3.68. The van der Waals surface area contributed by atoms with Gasteiger partial charge in [0.05, 0.1) is 12.0 Å². The third kappa shape index (κ3) is 3.22. The zero-order chi connectivity index (χ0) is 15.5. The van der Waals surface area contributed by atoms with E-state index in [1.54, 1.807) is 18.2 Å². The first kappa shape index (κ1) is 15.5. The van der Waals surface area contributed by atoms with Crippen LogP contribution in [0.4, 0.5) is 4.39 Å². The van der Waals surface area contributed by atoms with Crippen LogP contribution in [0.1, 0.15) is 10.8 Å². The summed E-state index contributed by atoms with van der Waals surface area (Å²) >= 11 is 0. The molecule has 2 N–H and O–H groups in total. The predicted octanol–water partition coefficient (Wildman–Crippen LogP) is 2.31. The Hall–Kier alpha value is -1.92. The van der Waals surface area contributed by atoms with Crippen molar-refractivity contribution in [2.75, 3.05) is 13.7 Å². The molecule has 1 atom stereocenters. The molecule has 2 aromatic rings. The molecule has 0 aromatic heterocycles. The molecule has 6 heteroatoms. The van der Waals surface area contributed by atoms with E-state index < -0.39 is 20.9 Å². The van der Waals surface area contributed by atoms with E-state index in [1.165, 1.54) is 37.4 Å². The van der Waals surface area contributed by atoms with Gasteiger partial charge in [0.25, 0.3) is 0 Å². The Morgan fingerprint density at radius 2 is 1.86 bits per heavy atom. The average Bonchev–Trinajstić information content (AvgIpc) is 2.48. The molecule has 0 radical (unpaired) electrons. The largest absolute Gasteiger partial charge is 0.497 e. The average molecular weight is 309 g/mol. The molecule has 0 aliphatic heterocycles. The Kier molecular flexibility index (Phi) is 4.59. The third-order valence-electron chi connectivity index (χ3n) is 3.20. The van der Waals surface area contributed by atoms with Gasteiger partial charge in [-0.1, -0.05) is 12.1 Å². The van der Waals surface area contributed by atoms with Crippen LogP contribution >= 0.6 is 0 Å². The molecule has 2 rings (SSSR count). The van der Waals surface area contributed by atoms with E-state index in [4.69, 9.17) is 10.5 Å². The van der Waals surface area contributed by atoms with Crippen molar-refractivity contribution in [2.45, 2.75) is 10.1 Å². The van der Waals surface area contributed by atoms with Crippen molar-refractivity contribution in [1.82, 2.24) is 0 Å². The van der Waals surface area contributed by atoms with Crippen molar-refractivity contribution >= 4 is 9.84 Å². The van der Waals surface area contributed by atoms with E-state index in [0.717, 1.165) is 0 Å². The number of ether oxygens (including phenoxy) is 1. The summed E-state index contributed by atoms with van der Waals surface area (Å²) in [6.07, 6.45) is 0. The van der Waals surface area contributed by atoms with Crippen molar-refractivity contribution in [3.8, 4) is 5.75 Å². The second-order valence-electron chi connectivity index (χ2n) is 4.50. The first-order chi connectivity index (χ1) is 9.98. The summed E-state index contributed by atoms with van der Waals surface area (Å²) in [6, 6.07) is 11.5. The molecule has 21 heavy (non-hydrogen) atoms. The van der Waals surface area contributed by atoms with Crippen LogP contribution in [-0.4, -0.2) is 22.1 Å². The molecule has 0 heterocycles. The highest BCUT2D eigenvalue weighted by atomic mass is 32.2. The minimum absolute atomic E-state index is 0.127. The van der Waals surface area contributed by atoms with Crippen molar-refractivity contribution in [3.05, 3.63) is 59.9 Å². The SMILES string of the molecule is COc1ccc(S(=O)(=O)C(CN)c2cccc(F)c2)cc1. The van der Waals surface area contributed by atoms with Crippen LogP contribution in [0.2, 0.25) is 0 Å². The van der Waals surface area contributed by atoms with Gasteiger partial charge in [-0.25, -0.2) is 12.8 Å². The van der Waals surface area contributed by atoms with Crippen LogP contribution in [0, 0.1) is 5.82 Å². The lowest BCUT2D eigenvalue weighted by Gasteiger charge is -2.16. The van der Waals surface area contributed by atoms with E-state index in [1.807, 2.05) is 0 Å². The quantitative estimate of drug-likeness (QED) is 0.920. The zero-order valence-corrected chi connectivity index (χ0v) is 12.3. The fraction of sp³-hybridized carbons (Fsp3) is 0.200. The molecule has 0 aliphatic carbocycles. The van der Waals surface area contributed by atoms with Gasteiger partial charge in [-0.15, -0.1) is 0 Å². The van der Waals surface area contributed by atoms with E-state index >= 15 is 0 Å². The van der Waals surface area contributed by atoms with Gasteiger partial charge in [0.2, 0.25) is 0 Å². The molecule has 0 saturated carbocycles. The van der Waals surface area contributed by atoms with Crippen molar-refractivity contribution in [2.24, 2.45) is 5.73 Å². The molecule has 4 nitrogen and oxygen atoms in total. The molecule has 0 amide bonds. The maximum absolute atomic E-state index is 13.3. The van der Waals surface area contributed by atoms with Gasteiger partial charge in [-0.05, 0) is 42.0 Å². The van der Waals surface area contributed by atoms with Gasteiger partial charge in [-0.2, -0.15) is 0 Å². The number of halogens is 1. The van der Waals surface area contributed by atoms with Crippen LogP contribution < -0.4 is 10.5 Å². The lowest BCUT2D eigenvalue weighted by atomic mass is 10.1. The smallest absolute Gasteiger partial charge is 0.186 e. The minimum atomic E-state index is -3.69. The van der Waals surface area contributed by atoms with Crippen molar-refractivity contribution in [1.29, 1.82) is 0 Å². The van der Waals surface area contributed by atoms with Gasteiger partial charge in [-0.3, -0.25) is 0 Å². The Bertz CT molecular complexity index is 714. The molecule has 2 aromatic carbocycles. The normalized spacial score (nSPS) is 12.9. The second kappa shape index (κ2) is 6.24. The molecule has 112 valence electrons. The first-order valence-corrected chi connectivity index (χ1v) is 7.87. The Morgan fingerprint density at radius 1 is 1.19 bits per heavy atom. The van der Waals surface area contributed by atoms with Gasteiger partial charge < -0.3 is 10.5 Å². The molecule has 0 spiro atoms. The van der Waals surface area contributed by atoms with Gasteiger partial charge in [0.15, 0.2) is 9.84 Å². The van der Waals surface area contributed by atoms with E-state index in [0.29, 0.717) is 11.3 Å². The summed E-state index contributed by atoms with van der Waals surface area (Å²) in [7, 11) is -2.19. The van der Waals surface area contributed by atoms with Crippen LogP contribution in [-0.2, 0) is 9.84 Å². The van der Waals surface area contributed by atoms with E-state index in [9.17, 15) is 12.8 Å². The maximum atomic E-state index is 13.3. The second-order valence-corrected chi connectivity index (χ2v) is 6.63. The van der Waals surface area contributed by atoms with E-state index in [-0.39, 0.29) is 11.4 Å². The highest BCUT2D eigenvalue weighted by Gasteiger charge is 2.28. The molecular weight excluding hydrogens is 293 g/mol. The van der Waals surface area contributed by atoms with Crippen LogP contribution in [0.5, 0.6) is 5.75 Å². The standard InChI is InChI=1S/C15H16FNO3S/c1-20-13-5-7-14(8-6-13)21(18,19)15(10-17)11-3-2-4-12(16)9-11/h2-9,15H,10,17H2,1H3. The Balaban J connectivity index is 2.44. The Morgan fingerprint density at radius 3 is 2.38 bits per heavy atom. The lowest BCUT2D eigenvalue weighted by Crippen LogP contribution is -2.22. The molecule has 0 aliphatic rings. The number of nitrogens with two attached hydrogens (primary N) is 1. The fourth-order valence-electron chi connectivity index (χ4n) is 2.08. The summed E-state index contributed by atoms with van der Waals surface area (Å²) in [5.41, 5.74) is 5.95. The maximum Gasteiger partial charge on any atom is 0.186 e. The third-order valence-corrected chi connectivity index (χ3v) is 5.34.